The first-order valence-corrected chi connectivity index (χ1v) is 10.4. The average molecular weight is 414 g/mol. The second kappa shape index (κ2) is 7.72. The van der Waals surface area contributed by atoms with Gasteiger partial charge in [0.15, 0.2) is 5.82 Å². The van der Waals surface area contributed by atoms with Gasteiger partial charge in [-0.3, -0.25) is 4.79 Å². The van der Waals surface area contributed by atoms with Crippen LogP contribution in [0.15, 0.2) is 53.7 Å². The third kappa shape index (κ3) is 3.46. The zero-order valence-corrected chi connectivity index (χ0v) is 17.0. The lowest BCUT2D eigenvalue weighted by Gasteiger charge is -2.31. The van der Waals surface area contributed by atoms with Gasteiger partial charge >= 0.3 is 0 Å². The second-order valence-electron chi connectivity index (χ2n) is 7.95. The van der Waals surface area contributed by atoms with Gasteiger partial charge in [-0.2, -0.15) is 10.4 Å². The molecule has 9 nitrogen and oxygen atoms in total. The van der Waals surface area contributed by atoms with Crippen molar-refractivity contribution in [2.75, 3.05) is 5.32 Å². The lowest BCUT2D eigenvalue weighted by atomic mass is 9.83. The third-order valence-corrected chi connectivity index (χ3v) is 5.93. The van der Waals surface area contributed by atoms with Crippen LogP contribution in [-0.4, -0.2) is 29.8 Å². The summed E-state index contributed by atoms with van der Waals surface area (Å²) < 4.78 is 3.51. The van der Waals surface area contributed by atoms with Gasteiger partial charge in [0.05, 0.1) is 24.3 Å². The van der Waals surface area contributed by atoms with Crippen LogP contribution in [0.4, 0.5) is 11.5 Å². The molecule has 0 unspecified atom stereocenters. The second-order valence-corrected chi connectivity index (χ2v) is 7.95. The molecule has 2 N–H and O–H groups in total. The van der Waals surface area contributed by atoms with Crippen LogP contribution in [0.5, 0.6) is 0 Å². The summed E-state index contributed by atoms with van der Waals surface area (Å²) in [7, 11) is 0. The summed E-state index contributed by atoms with van der Waals surface area (Å²) in [5.74, 6) is 0.459. The number of nitrogens with one attached hydrogen (secondary N) is 2. The van der Waals surface area contributed by atoms with Gasteiger partial charge < -0.3 is 10.3 Å². The molecule has 9 heteroatoms. The van der Waals surface area contributed by atoms with Crippen molar-refractivity contribution >= 4 is 22.4 Å². The highest BCUT2D eigenvalue weighted by molar-refractivity contribution is 5.91. The van der Waals surface area contributed by atoms with Crippen LogP contribution in [0.3, 0.4) is 0 Å². The van der Waals surface area contributed by atoms with Gasteiger partial charge in [0, 0.05) is 18.1 Å². The van der Waals surface area contributed by atoms with E-state index < -0.39 is 5.54 Å². The predicted molar refractivity (Wildman–Crippen MR) is 116 cm³/mol. The molecule has 0 amide bonds. The fourth-order valence-corrected chi connectivity index (χ4v) is 4.33. The van der Waals surface area contributed by atoms with Crippen molar-refractivity contribution in [3.8, 4) is 6.07 Å². The molecule has 5 rings (SSSR count). The number of rotatable bonds is 5. The van der Waals surface area contributed by atoms with Gasteiger partial charge in [-0.05, 0) is 49.4 Å². The Morgan fingerprint density at radius 3 is 2.68 bits per heavy atom. The molecule has 3 aromatic heterocycles. The standard InChI is InChI=1S/C22H22N8O/c23-15-22(9-2-1-3-10-22)30-18-8-11-24-21(31)19(18)20(27-30)26-17-6-4-16(5-7-17)14-29-13-12-25-28-29/h4-8,11-13H,1-3,9-10,14H2,(H,24,31)(H,26,27). The quantitative estimate of drug-likeness (QED) is 0.517. The minimum Gasteiger partial charge on any atom is -0.338 e. The minimum absolute atomic E-state index is 0.224. The van der Waals surface area contributed by atoms with E-state index >= 15 is 0 Å². The molecule has 0 bridgehead atoms. The summed E-state index contributed by atoms with van der Waals surface area (Å²) in [6, 6.07) is 12.2. The van der Waals surface area contributed by atoms with Crippen LogP contribution < -0.4 is 10.9 Å². The molecule has 4 aromatic rings. The largest absolute Gasteiger partial charge is 0.338 e. The molecule has 0 atom stereocenters. The number of nitrogens with zero attached hydrogens (tertiary/aromatic N) is 6. The van der Waals surface area contributed by atoms with Crippen molar-refractivity contribution in [1.82, 2.24) is 29.8 Å². The maximum absolute atomic E-state index is 12.7. The highest BCUT2D eigenvalue weighted by atomic mass is 16.1. The lowest BCUT2D eigenvalue weighted by molar-refractivity contribution is 0.252. The minimum atomic E-state index is -0.716. The van der Waals surface area contributed by atoms with E-state index in [9.17, 15) is 10.1 Å². The number of hydrogen-bond acceptors (Lipinski definition) is 6. The highest BCUT2D eigenvalue weighted by Crippen LogP contribution is 2.37. The fraction of sp³-hybridized carbons (Fsp3) is 0.318. The zero-order valence-electron chi connectivity index (χ0n) is 17.0. The van der Waals surface area contributed by atoms with E-state index in [2.05, 4.69) is 26.7 Å². The van der Waals surface area contributed by atoms with Crippen LogP contribution in [-0.2, 0) is 12.1 Å². The number of H-pyrrole nitrogens is 1. The number of benzene rings is 1. The highest BCUT2D eigenvalue weighted by Gasteiger charge is 2.37. The summed E-state index contributed by atoms with van der Waals surface area (Å²) in [4.78, 5) is 15.4. The van der Waals surface area contributed by atoms with Crippen molar-refractivity contribution in [2.24, 2.45) is 0 Å². The molecular formula is C22H22N8O. The van der Waals surface area contributed by atoms with Gasteiger partial charge in [0.25, 0.3) is 5.56 Å². The Morgan fingerprint density at radius 1 is 1.16 bits per heavy atom. The molecule has 1 aliphatic carbocycles. The Kier molecular flexibility index (Phi) is 4.75. The van der Waals surface area contributed by atoms with Crippen LogP contribution >= 0.6 is 0 Å². The van der Waals surface area contributed by atoms with Crippen molar-refractivity contribution in [2.45, 2.75) is 44.2 Å². The maximum atomic E-state index is 12.7. The van der Waals surface area contributed by atoms with Gasteiger partial charge in [0.1, 0.15) is 10.9 Å². The molecule has 1 aliphatic rings. The van der Waals surface area contributed by atoms with Gasteiger partial charge in [0.2, 0.25) is 0 Å². The average Bonchev–Trinajstić information content (AvgIpc) is 3.44. The molecule has 0 saturated heterocycles. The van der Waals surface area contributed by atoms with E-state index in [0.29, 0.717) is 23.3 Å². The Morgan fingerprint density at radius 2 is 1.97 bits per heavy atom. The molecule has 0 radical (unpaired) electrons. The number of nitriles is 1. The summed E-state index contributed by atoms with van der Waals surface area (Å²) in [5, 5.41) is 26.3. The van der Waals surface area contributed by atoms with E-state index in [4.69, 9.17) is 5.10 Å². The number of pyridine rings is 1. The van der Waals surface area contributed by atoms with Crippen LogP contribution in [0.25, 0.3) is 10.9 Å². The molecule has 3 heterocycles. The van der Waals surface area contributed by atoms with E-state index in [1.54, 1.807) is 21.8 Å². The molecule has 1 aromatic carbocycles. The first kappa shape index (κ1) is 19.1. The van der Waals surface area contributed by atoms with Crippen LogP contribution in [0.1, 0.15) is 37.7 Å². The first-order valence-electron chi connectivity index (χ1n) is 10.4. The van der Waals surface area contributed by atoms with Crippen LogP contribution in [0.2, 0.25) is 0 Å². The van der Waals surface area contributed by atoms with Crippen LogP contribution in [0, 0.1) is 11.3 Å². The topological polar surface area (TPSA) is 117 Å². The normalized spacial score (nSPS) is 15.6. The Balaban J connectivity index is 1.50. The number of anilines is 2. The van der Waals surface area contributed by atoms with E-state index in [0.717, 1.165) is 43.4 Å². The number of aromatic nitrogens is 6. The van der Waals surface area contributed by atoms with Crippen molar-refractivity contribution < 1.29 is 0 Å². The summed E-state index contributed by atoms with van der Waals surface area (Å²) in [5.41, 5.74) is 1.63. The molecular weight excluding hydrogens is 392 g/mol. The van der Waals surface area contributed by atoms with E-state index in [1.807, 2.05) is 36.5 Å². The fourth-order valence-electron chi connectivity index (χ4n) is 4.33. The van der Waals surface area contributed by atoms with Crippen molar-refractivity contribution in [3.63, 3.8) is 0 Å². The zero-order chi connectivity index (χ0) is 21.3. The summed E-state index contributed by atoms with van der Waals surface area (Å²) in [6.45, 7) is 0.627. The predicted octanol–water partition coefficient (Wildman–Crippen LogP) is 3.29. The molecule has 1 fully saturated rings. The molecule has 156 valence electrons. The molecule has 0 aliphatic heterocycles. The Labute approximate surface area is 178 Å². The number of fused-ring (bicyclic) bond motifs is 1. The molecule has 1 saturated carbocycles. The summed E-state index contributed by atoms with van der Waals surface area (Å²) in [6.07, 6.45) is 9.63. The molecule has 31 heavy (non-hydrogen) atoms. The van der Waals surface area contributed by atoms with Gasteiger partial charge in [-0.25, -0.2) is 9.36 Å². The van der Waals surface area contributed by atoms with Gasteiger partial charge in [-0.15, -0.1) is 5.10 Å². The number of aromatic amines is 1. The Hall–Kier alpha value is -3.93. The number of hydrogen-bond donors (Lipinski definition) is 2. The monoisotopic (exact) mass is 414 g/mol. The Bertz CT molecular complexity index is 1290. The first-order chi connectivity index (χ1) is 15.2. The molecule has 0 spiro atoms. The lowest BCUT2D eigenvalue weighted by Crippen LogP contribution is -2.35. The van der Waals surface area contributed by atoms with Crippen molar-refractivity contribution in [3.05, 3.63) is 64.8 Å². The maximum Gasteiger partial charge on any atom is 0.261 e. The van der Waals surface area contributed by atoms with Crippen molar-refractivity contribution in [1.29, 1.82) is 5.26 Å². The van der Waals surface area contributed by atoms with Gasteiger partial charge in [-0.1, -0.05) is 23.8 Å². The summed E-state index contributed by atoms with van der Waals surface area (Å²) >= 11 is 0. The van der Waals surface area contributed by atoms with E-state index in [-0.39, 0.29) is 5.56 Å². The smallest absolute Gasteiger partial charge is 0.261 e. The SMILES string of the molecule is N#CC1(n2nc(Nc3ccc(Cn4ccnn4)cc3)c3c(=O)[nH]ccc32)CCCCC1. The third-order valence-electron chi connectivity index (χ3n) is 5.93. The van der Waals surface area contributed by atoms with E-state index in [1.165, 1.54) is 0 Å².